The molecular weight excluding hydrogens is 952 g/mol. The molecule has 2 amide bonds. The van der Waals surface area contributed by atoms with Crippen molar-refractivity contribution >= 4 is 91.0 Å². The van der Waals surface area contributed by atoms with Crippen LogP contribution in [0, 0.1) is 5.82 Å². The van der Waals surface area contributed by atoms with Crippen LogP contribution in [-0.2, 0) is 34.0 Å². The molecule has 0 aliphatic carbocycles. The molecule has 0 spiro atoms. The van der Waals surface area contributed by atoms with Crippen molar-refractivity contribution < 1.29 is 23.3 Å². The lowest BCUT2D eigenvalue weighted by molar-refractivity contribution is -0.135. The van der Waals surface area contributed by atoms with Crippen molar-refractivity contribution in [3.8, 4) is 5.75 Å². The van der Waals surface area contributed by atoms with E-state index in [-0.39, 0.29) is 18.0 Å². The van der Waals surface area contributed by atoms with Crippen molar-refractivity contribution in [3.05, 3.63) is 92.8 Å². The van der Waals surface area contributed by atoms with E-state index in [1.165, 1.54) is 23.4 Å². The Labute approximate surface area is 403 Å². The van der Waals surface area contributed by atoms with E-state index >= 15 is 0 Å². The van der Waals surface area contributed by atoms with Gasteiger partial charge in [-0.25, -0.2) is 14.2 Å². The van der Waals surface area contributed by atoms with Gasteiger partial charge in [-0.15, -0.1) is 0 Å². The van der Waals surface area contributed by atoms with Crippen LogP contribution in [0.4, 0.5) is 33.2 Å². The van der Waals surface area contributed by atoms with E-state index in [0.29, 0.717) is 63.0 Å². The Bertz CT molecular complexity index is 3010. The number of halogens is 2. The number of hydrogen-bond donors (Lipinski definition) is 3. The van der Waals surface area contributed by atoms with Crippen LogP contribution in [0.5, 0.6) is 5.75 Å². The second-order valence-electron chi connectivity index (χ2n) is 18.2. The number of piperidine rings is 2. The van der Waals surface area contributed by atoms with Crippen LogP contribution < -0.4 is 36.6 Å². The third kappa shape index (κ3) is 9.65. The number of carbonyl (C=O) groups excluding carboxylic acids is 2. The minimum atomic E-state index is -2.91. The second-order valence-corrected chi connectivity index (χ2v) is 22.2. The van der Waals surface area contributed by atoms with Crippen LogP contribution in [0.3, 0.4) is 0 Å². The highest BCUT2D eigenvalue weighted by Crippen LogP contribution is 2.42. The summed E-state index contributed by atoms with van der Waals surface area (Å²) in [6.07, 6.45) is 7.49. The fraction of sp³-hybridized carbons (Fsp3) is 0.429. The van der Waals surface area contributed by atoms with Gasteiger partial charge in [0, 0.05) is 94.0 Å². The number of ether oxygens (including phenoxy) is 1. The third-order valence-corrected chi connectivity index (χ3v) is 15.7. The molecule has 9 rings (SSSR count). The van der Waals surface area contributed by atoms with Gasteiger partial charge in [-0.1, -0.05) is 19.1 Å². The number of benzene rings is 3. The Balaban J connectivity index is 0.830. The molecule has 1 atom stereocenters. The first-order valence-electron chi connectivity index (χ1n) is 23.4. The molecule has 358 valence electrons. The summed E-state index contributed by atoms with van der Waals surface area (Å²) in [4.78, 5) is 59.5. The standard InChI is InChI=1S/C49H58BrFN11O5P/c1-6-30-25-37(55-48-53-28-35(50)46(57-48)54-38-29-52-36-12-11-32(51)26-34(36)45(38)68(4,5)66)42(67-7-2)27-41(30)61-19-16-33(17-20-61)60-23-21-59(22-24-60)18-15-31-9-8-10-39-44(31)58(3)49(65)62(39)40-13-14-43(63)56-47(40)64/h8-12,25-29,33,40H,6-7,13-24H2,1-5H3,(H,56,63,64)(H2,53,54,55,57). The molecular formula is C49H58BrFN11O5P. The predicted molar refractivity (Wildman–Crippen MR) is 270 cm³/mol. The Morgan fingerprint density at radius 1 is 0.912 bits per heavy atom. The van der Waals surface area contributed by atoms with Crippen LogP contribution >= 0.6 is 23.1 Å². The summed E-state index contributed by atoms with van der Waals surface area (Å²) in [7, 11) is -1.15. The van der Waals surface area contributed by atoms with Gasteiger partial charge in [0.05, 0.1) is 45.2 Å². The highest BCUT2D eigenvalue weighted by molar-refractivity contribution is 9.10. The van der Waals surface area contributed by atoms with Gasteiger partial charge in [-0.2, -0.15) is 4.98 Å². The quantitative estimate of drug-likeness (QED) is 0.0748. The lowest BCUT2D eigenvalue weighted by Gasteiger charge is -2.43. The van der Waals surface area contributed by atoms with Crippen LogP contribution in [0.15, 0.2) is 70.2 Å². The maximum absolute atomic E-state index is 14.4. The van der Waals surface area contributed by atoms with Crippen molar-refractivity contribution in [2.75, 3.05) is 81.3 Å². The number of pyridine rings is 1. The lowest BCUT2D eigenvalue weighted by atomic mass is 9.99. The zero-order chi connectivity index (χ0) is 47.9. The maximum Gasteiger partial charge on any atom is 0.329 e. The molecule has 68 heavy (non-hydrogen) atoms. The average molecular weight is 1010 g/mol. The first kappa shape index (κ1) is 47.4. The number of aromatic nitrogens is 5. The van der Waals surface area contributed by atoms with Gasteiger partial charge in [0.25, 0.3) is 0 Å². The van der Waals surface area contributed by atoms with Crippen molar-refractivity contribution in [3.63, 3.8) is 0 Å². The third-order valence-electron chi connectivity index (χ3n) is 13.6. The molecule has 16 nitrogen and oxygen atoms in total. The zero-order valence-electron chi connectivity index (χ0n) is 39.1. The molecule has 3 aromatic heterocycles. The fourth-order valence-corrected chi connectivity index (χ4v) is 11.9. The summed E-state index contributed by atoms with van der Waals surface area (Å²) in [5.41, 5.74) is 6.53. The number of piperazine rings is 1. The summed E-state index contributed by atoms with van der Waals surface area (Å²) in [6, 6.07) is 14.3. The molecule has 6 heterocycles. The number of rotatable bonds is 14. The van der Waals surface area contributed by atoms with Gasteiger partial charge in [-0.05, 0) is 110 Å². The van der Waals surface area contributed by atoms with Crippen molar-refractivity contribution in [1.29, 1.82) is 0 Å². The summed E-state index contributed by atoms with van der Waals surface area (Å²) in [5, 5.41) is 10.1. The number of carbonyl (C=O) groups is 2. The Hall–Kier alpha value is -5.68. The van der Waals surface area contributed by atoms with Gasteiger partial charge in [-0.3, -0.25) is 33.9 Å². The first-order chi connectivity index (χ1) is 32.7. The number of nitrogens with one attached hydrogen (secondary N) is 3. The smallest absolute Gasteiger partial charge is 0.329 e. The molecule has 0 radical (unpaired) electrons. The Kier molecular flexibility index (Phi) is 13.8. The molecule has 3 fully saturated rings. The number of anilines is 5. The molecule has 0 bridgehead atoms. The number of imidazole rings is 1. The van der Waals surface area contributed by atoms with E-state index in [1.807, 2.05) is 19.1 Å². The summed E-state index contributed by atoms with van der Waals surface area (Å²) < 4.78 is 38.0. The molecule has 1 unspecified atom stereocenters. The molecule has 3 N–H and O–H groups in total. The molecule has 3 aromatic carbocycles. The lowest BCUT2D eigenvalue weighted by Crippen LogP contribution is -2.53. The predicted octanol–water partition coefficient (Wildman–Crippen LogP) is 7.08. The van der Waals surface area contributed by atoms with E-state index in [2.05, 4.69) is 81.7 Å². The number of hydrogen-bond acceptors (Lipinski definition) is 13. The molecule has 3 saturated heterocycles. The normalized spacial score (nSPS) is 17.8. The van der Waals surface area contributed by atoms with Crippen molar-refractivity contribution in [2.45, 2.75) is 64.5 Å². The van der Waals surface area contributed by atoms with E-state index in [9.17, 15) is 23.3 Å². The van der Waals surface area contributed by atoms with Gasteiger partial charge in [0.1, 0.15) is 30.6 Å². The average Bonchev–Trinajstić information content (AvgIpc) is 3.58. The maximum atomic E-state index is 14.4. The van der Waals surface area contributed by atoms with Crippen LogP contribution in [0.1, 0.15) is 56.7 Å². The Morgan fingerprint density at radius 3 is 2.41 bits per heavy atom. The fourth-order valence-electron chi connectivity index (χ4n) is 10.2. The summed E-state index contributed by atoms with van der Waals surface area (Å²) >= 11 is 3.57. The van der Waals surface area contributed by atoms with Gasteiger partial charge in [0.15, 0.2) is 0 Å². The number of imide groups is 1. The highest BCUT2D eigenvalue weighted by atomic mass is 79.9. The largest absolute Gasteiger partial charge is 0.492 e. The van der Waals surface area contributed by atoms with Gasteiger partial charge < -0.3 is 29.7 Å². The zero-order valence-corrected chi connectivity index (χ0v) is 41.6. The molecule has 3 aliphatic rings. The monoisotopic (exact) mass is 1010 g/mol. The summed E-state index contributed by atoms with van der Waals surface area (Å²) in [6.45, 7) is 14.6. The first-order valence-corrected chi connectivity index (χ1v) is 26.8. The second kappa shape index (κ2) is 19.7. The molecule has 19 heteroatoms. The number of fused-ring (bicyclic) bond motifs is 2. The van der Waals surface area contributed by atoms with E-state index in [4.69, 9.17) is 9.72 Å². The number of nitrogens with zero attached hydrogens (tertiary/aromatic N) is 8. The minimum absolute atomic E-state index is 0.213. The molecule has 0 saturated carbocycles. The van der Waals surface area contributed by atoms with Crippen LogP contribution in [0.2, 0.25) is 0 Å². The number of aryl methyl sites for hydroxylation is 2. The van der Waals surface area contributed by atoms with E-state index in [1.54, 1.807) is 48.0 Å². The van der Waals surface area contributed by atoms with E-state index in [0.717, 1.165) is 93.8 Å². The number of para-hydroxylation sites is 1. The SMILES string of the molecule is CCOc1cc(N2CCC(N3CCN(CCc4cccc5c4n(C)c(=O)n5C4CCC(=O)NC4=O)CC3)CC2)c(CC)cc1Nc1ncc(Br)c(Nc2cnc3ccc(F)cc3c2P(C)(C)=O)n1. The van der Waals surface area contributed by atoms with Crippen molar-refractivity contribution in [2.24, 2.45) is 7.05 Å². The summed E-state index contributed by atoms with van der Waals surface area (Å²) in [5.74, 6) is 0.299. The van der Waals surface area contributed by atoms with Crippen LogP contribution in [-0.4, -0.2) is 117 Å². The van der Waals surface area contributed by atoms with Crippen molar-refractivity contribution in [1.82, 2.24) is 39.2 Å². The topological polar surface area (TPSA) is 172 Å². The highest BCUT2D eigenvalue weighted by Gasteiger charge is 2.33. The van der Waals surface area contributed by atoms with Gasteiger partial charge >= 0.3 is 5.69 Å². The van der Waals surface area contributed by atoms with Crippen LogP contribution in [0.25, 0.3) is 21.9 Å². The van der Waals surface area contributed by atoms with Gasteiger partial charge in [0.2, 0.25) is 17.8 Å². The van der Waals surface area contributed by atoms with E-state index < -0.39 is 24.9 Å². The Morgan fingerprint density at radius 2 is 1.69 bits per heavy atom. The molecule has 6 aromatic rings. The minimum Gasteiger partial charge on any atom is -0.492 e. The molecule has 3 aliphatic heterocycles. The number of amides is 2.